The van der Waals surface area contributed by atoms with Crippen molar-refractivity contribution in [3.8, 4) is 0 Å². The molecule has 0 aliphatic carbocycles. The lowest BCUT2D eigenvalue weighted by Crippen LogP contribution is -2.45. The predicted molar refractivity (Wildman–Crippen MR) is 104 cm³/mol. The van der Waals surface area contributed by atoms with Gasteiger partial charge in [-0.1, -0.05) is 72.8 Å². The van der Waals surface area contributed by atoms with Gasteiger partial charge in [0.05, 0.1) is 12.5 Å². The number of aliphatic hydroxyl groups is 1. The molecule has 138 valence electrons. The molecule has 1 unspecified atom stereocenters. The molecule has 0 aliphatic rings. The number of allylic oxidation sites excluding steroid dienone is 1. The number of hydrogen-bond acceptors (Lipinski definition) is 3. The molecule has 0 radical (unpaired) electrons. The van der Waals surface area contributed by atoms with E-state index in [2.05, 4.69) is 11.8 Å². The quantitative estimate of drug-likeness (QED) is 0.672. The van der Waals surface area contributed by atoms with Gasteiger partial charge in [0.15, 0.2) is 0 Å². The van der Waals surface area contributed by atoms with E-state index in [9.17, 15) is 15.0 Å². The molecule has 0 fully saturated rings. The Morgan fingerprint density at radius 1 is 1.08 bits per heavy atom. The summed E-state index contributed by atoms with van der Waals surface area (Å²) in [5, 5.41) is 19.3. The number of carboxylic acids is 1. The molecule has 2 aromatic rings. The molecule has 0 saturated carbocycles. The summed E-state index contributed by atoms with van der Waals surface area (Å²) >= 11 is 0. The molecular formula is C22H27NO3. The van der Waals surface area contributed by atoms with Crippen LogP contribution in [-0.4, -0.2) is 33.7 Å². The summed E-state index contributed by atoms with van der Waals surface area (Å²) in [6, 6.07) is 19.6. The van der Waals surface area contributed by atoms with Crippen LogP contribution in [0.5, 0.6) is 0 Å². The lowest BCUT2D eigenvalue weighted by Gasteiger charge is -2.38. The van der Waals surface area contributed by atoms with E-state index in [0.717, 1.165) is 11.1 Å². The summed E-state index contributed by atoms with van der Waals surface area (Å²) in [6.45, 7) is 4.13. The van der Waals surface area contributed by atoms with E-state index in [4.69, 9.17) is 0 Å². The van der Waals surface area contributed by atoms with Crippen LogP contribution in [0.25, 0.3) is 0 Å². The Morgan fingerprint density at radius 3 is 2.15 bits per heavy atom. The Hall–Kier alpha value is -2.43. The molecule has 4 heteroatoms. The highest BCUT2D eigenvalue weighted by Gasteiger charge is 2.33. The third-order valence-electron chi connectivity index (χ3n) is 4.69. The molecule has 3 atom stereocenters. The minimum atomic E-state index is -0.992. The fourth-order valence-corrected chi connectivity index (χ4v) is 3.22. The van der Waals surface area contributed by atoms with Gasteiger partial charge in [0.2, 0.25) is 0 Å². The fourth-order valence-electron chi connectivity index (χ4n) is 3.22. The van der Waals surface area contributed by atoms with Crippen molar-refractivity contribution in [2.45, 2.75) is 32.5 Å². The summed E-state index contributed by atoms with van der Waals surface area (Å²) in [6.07, 6.45) is 3.73. The van der Waals surface area contributed by atoms with Gasteiger partial charge in [0.25, 0.3) is 0 Å². The fraction of sp³-hybridized carbons (Fsp3) is 0.318. The normalized spacial score (nSPS) is 15.1. The van der Waals surface area contributed by atoms with Gasteiger partial charge in [-0.3, -0.25) is 9.69 Å². The maximum Gasteiger partial charge on any atom is 0.310 e. The summed E-state index contributed by atoms with van der Waals surface area (Å²) in [4.78, 5) is 13.9. The molecule has 0 aromatic heterocycles. The number of aliphatic carboxylic acids is 1. The van der Waals surface area contributed by atoms with Gasteiger partial charge in [-0.25, -0.2) is 0 Å². The smallest absolute Gasteiger partial charge is 0.310 e. The number of hydrogen-bond donors (Lipinski definition) is 2. The van der Waals surface area contributed by atoms with Crippen LogP contribution in [0, 0.1) is 5.92 Å². The average molecular weight is 353 g/mol. The Kier molecular flexibility index (Phi) is 7.57. The minimum absolute atomic E-state index is 0.00833. The van der Waals surface area contributed by atoms with Gasteiger partial charge in [0.1, 0.15) is 0 Å². The van der Waals surface area contributed by atoms with Crippen molar-refractivity contribution in [1.29, 1.82) is 0 Å². The standard InChI is InChI=1S/C22H27NO3/c1-3-10-21(20(16-24)22(25)26)23(15-18-11-6-4-7-12-18)17(2)19-13-8-5-9-14-19/h3-14,17,20-21,24H,15-16H2,1-2H3,(H,25,26)/b10-3+/t17-,20?,21-/m0/s1. The first-order valence-corrected chi connectivity index (χ1v) is 8.89. The van der Waals surface area contributed by atoms with Crippen molar-refractivity contribution in [1.82, 2.24) is 4.90 Å². The number of nitrogens with zero attached hydrogens (tertiary/aromatic N) is 1. The van der Waals surface area contributed by atoms with Crippen molar-refractivity contribution in [3.05, 3.63) is 83.9 Å². The Balaban J connectivity index is 2.44. The number of rotatable bonds is 9. The third kappa shape index (κ3) is 5.04. The van der Waals surface area contributed by atoms with E-state index < -0.39 is 24.5 Å². The van der Waals surface area contributed by atoms with Gasteiger partial charge in [-0.05, 0) is 25.0 Å². The van der Waals surface area contributed by atoms with E-state index in [1.807, 2.05) is 79.7 Å². The first-order chi connectivity index (χ1) is 12.6. The molecule has 2 N–H and O–H groups in total. The van der Waals surface area contributed by atoms with Crippen LogP contribution in [0.4, 0.5) is 0 Å². The maximum atomic E-state index is 11.7. The van der Waals surface area contributed by atoms with Crippen LogP contribution in [0.1, 0.15) is 31.0 Å². The largest absolute Gasteiger partial charge is 0.481 e. The van der Waals surface area contributed by atoms with E-state index in [0.29, 0.717) is 6.54 Å². The summed E-state index contributed by atoms with van der Waals surface area (Å²) in [5.41, 5.74) is 2.21. The lowest BCUT2D eigenvalue weighted by atomic mass is 9.94. The maximum absolute atomic E-state index is 11.7. The van der Waals surface area contributed by atoms with Crippen molar-refractivity contribution in [2.24, 2.45) is 5.92 Å². The van der Waals surface area contributed by atoms with Crippen LogP contribution >= 0.6 is 0 Å². The number of benzene rings is 2. The predicted octanol–water partition coefficient (Wildman–Crippen LogP) is 3.89. The Labute approximate surface area is 155 Å². The molecule has 0 amide bonds. The molecule has 0 bridgehead atoms. The molecule has 0 aliphatic heterocycles. The number of carbonyl (C=O) groups is 1. The topological polar surface area (TPSA) is 60.8 Å². The van der Waals surface area contributed by atoms with Crippen molar-refractivity contribution in [3.63, 3.8) is 0 Å². The molecule has 0 heterocycles. The molecule has 2 rings (SSSR count). The van der Waals surface area contributed by atoms with Gasteiger partial charge in [0, 0.05) is 18.6 Å². The van der Waals surface area contributed by atoms with Crippen molar-refractivity contribution >= 4 is 5.97 Å². The van der Waals surface area contributed by atoms with E-state index in [1.165, 1.54) is 0 Å². The first-order valence-electron chi connectivity index (χ1n) is 8.89. The second kappa shape index (κ2) is 9.90. The third-order valence-corrected chi connectivity index (χ3v) is 4.69. The SMILES string of the molecule is C/C=C/[C@@H](C(CO)C(=O)O)N(Cc1ccccc1)[C@@H](C)c1ccccc1. The van der Waals surface area contributed by atoms with E-state index in [1.54, 1.807) is 0 Å². The Morgan fingerprint density at radius 2 is 1.65 bits per heavy atom. The second-order valence-electron chi connectivity index (χ2n) is 6.39. The second-order valence-corrected chi connectivity index (χ2v) is 6.39. The highest BCUT2D eigenvalue weighted by atomic mass is 16.4. The van der Waals surface area contributed by atoms with Gasteiger partial charge in [-0.2, -0.15) is 0 Å². The molecule has 2 aromatic carbocycles. The monoisotopic (exact) mass is 353 g/mol. The van der Waals surface area contributed by atoms with Gasteiger partial charge >= 0.3 is 5.97 Å². The Bertz CT molecular complexity index is 700. The molecule has 4 nitrogen and oxygen atoms in total. The van der Waals surface area contributed by atoms with Crippen LogP contribution in [-0.2, 0) is 11.3 Å². The first kappa shape index (κ1) is 19.9. The molecule has 26 heavy (non-hydrogen) atoms. The van der Waals surface area contributed by atoms with Crippen LogP contribution < -0.4 is 0 Å². The lowest BCUT2D eigenvalue weighted by molar-refractivity contribution is -0.145. The zero-order chi connectivity index (χ0) is 18.9. The van der Waals surface area contributed by atoms with E-state index in [-0.39, 0.29) is 6.04 Å². The van der Waals surface area contributed by atoms with Crippen molar-refractivity contribution in [2.75, 3.05) is 6.61 Å². The zero-order valence-electron chi connectivity index (χ0n) is 15.3. The molecule has 0 spiro atoms. The van der Waals surface area contributed by atoms with Crippen LogP contribution in [0.15, 0.2) is 72.8 Å². The highest BCUT2D eigenvalue weighted by Crippen LogP contribution is 2.28. The van der Waals surface area contributed by atoms with Crippen LogP contribution in [0.3, 0.4) is 0 Å². The molecule has 0 saturated heterocycles. The summed E-state index contributed by atoms with van der Waals surface area (Å²) < 4.78 is 0. The van der Waals surface area contributed by atoms with Crippen LogP contribution in [0.2, 0.25) is 0 Å². The number of aliphatic hydroxyl groups excluding tert-OH is 1. The summed E-state index contributed by atoms with van der Waals surface area (Å²) in [7, 11) is 0. The van der Waals surface area contributed by atoms with Gasteiger partial charge < -0.3 is 10.2 Å². The van der Waals surface area contributed by atoms with Gasteiger partial charge in [-0.15, -0.1) is 0 Å². The summed E-state index contributed by atoms with van der Waals surface area (Å²) in [5.74, 6) is -1.88. The minimum Gasteiger partial charge on any atom is -0.481 e. The zero-order valence-corrected chi connectivity index (χ0v) is 15.3. The van der Waals surface area contributed by atoms with Crippen molar-refractivity contribution < 1.29 is 15.0 Å². The van der Waals surface area contributed by atoms with E-state index >= 15 is 0 Å². The molecular weight excluding hydrogens is 326 g/mol. The highest BCUT2D eigenvalue weighted by molar-refractivity contribution is 5.71. The average Bonchev–Trinajstić information content (AvgIpc) is 2.67. The number of carboxylic acid groups (broad SMARTS) is 1.